The van der Waals surface area contributed by atoms with E-state index in [1.165, 1.54) is 19.3 Å². The van der Waals surface area contributed by atoms with Crippen LogP contribution >= 0.6 is 0 Å². The van der Waals surface area contributed by atoms with Crippen molar-refractivity contribution in [3.63, 3.8) is 0 Å². The van der Waals surface area contributed by atoms with E-state index >= 15 is 0 Å². The minimum Gasteiger partial charge on any atom is -0.497 e. The molecule has 0 saturated carbocycles. The zero-order valence-electron chi connectivity index (χ0n) is 15.9. The van der Waals surface area contributed by atoms with Gasteiger partial charge in [-0.3, -0.25) is 0 Å². The van der Waals surface area contributed by atoms with Crippen LogP contribution in [0.15, 0.2) is 49.1 Å². The maximum absolute atomic E-state index is 12.4. The van der Waals surface area contributed by atoms with Crippen LogP contribution in [0.2, 0.25) is 0 Å². The summed E-state index contributed by atoms with van der Waals surface area (Å²) in [4.78, 5) is 12.4. The van der Waals surface area contributed by atoms with Crippen molar-refractivity contribution >= 4 is 11.7 Å². The molecular formula is C22H31NO3. The molecule has 4 nitrogen and oxygen atoms in total. The van der Waals surface area contributed by atoms with Gasteiger partial charge in [-0.1, -0.05) is 38.0 Å². The Bertz CT molecular complexity index is 594. The van der Waals surface area contributed by atoms with Crippen molar-refractivity contribution in [2.24, 2.45) is 5.92 Å². The van der Waals surface area contributed by atoms with Crippen molar-refractivity contribution in [2.45, 2.75) is 57.6 Å². The first-order valence-corrected chi connectivity index (χ1v) is 9.56. The molecule has 1 aliphatic rings. The van der Waals surface area contributed by atoms with Gasteiger partial charge in [0.15, 0.2) is 0 Å². The predicted molar refractivity (Wildman–Crippen MR) is 106 cm³/mol. The van der Waals surface area contributed by atoms with Crippen LogP contribution in [-0.4, -0.2) is 25.2 Å². The number of cyclic esters (lactones) is 1. The Morgan fingerprint density at radius 2 is 1.96 bits per heavy atom. The van der Waals surface area contributed by atoms with E-state index in [1.54, 1.807) is 7.11 Å². The highest BCUT2D eigenvalue weighted by molar-refractivity contribution is 5.82. The summed E-state index contributed by atoms with van der Waals surface area (Å²) in [5.41, 5.74) is 0.893. The normalized spacial score (nSPS) is 22.4. The van der Waals surface area contributed by atoms with Crippen LogP contribution in [0, 0.1) is 5.92 Å². The quantitative estimate of drug-likeness (QED) is 0.339. The SMILES string of the molecule is C=CCC1OC(=O)[C@@H](Nc2ccc(OC)cc2)[C@@H]1C/C=C\CCCCC. The average molecular weight is 357 g/mol. The van der Waals surface area contributed by atoms with Gasteiger partial charge in [-0.15, -0.1) is 6.58 Å². The van der Waals surface area contributed by atoms with Gasteiger partial charge < -0.3 is 14.8 Å². The molecule has 0 bridgehead atoms. The first-order chi connectivity index (χ1) is 12.7. The van der Waals surface area contributed by atoms with Gasteiger partial charge in [0, 0.05) is 18.0 Å². The van der Waals surface area contributed by atoms with Gasteiger partial charge in [0.1, 0.15) is 17.9 Å². The molecule has 1 aromatic rings. The van der Waals surface area contributed by atoms with Crippen molar-refractivity contribution in [1.82, 2.24) is 0 Å². The first-order valence-electron chi connectivity index (χ1n) is 9.56. The average Bonchev–Trinajstić information content (AvgIpc) is 2.94. The largest absolute Gasteiger partial charge is 0.497 e. The number of allylic oxidation sites excluding steroid dienone is 2. The van der Waals surface area contributed by atoms with Gasteiger partial charge in [-0.05, 0) is 43.5 Å². The second-order valence-corrected chi connectivity index (χ2v) is 6.72. The van der Waals surface area contributed by atoms with Gasteiger partial charge in [-0.25, -0.2) is 4.79 Å². The van der Waals surface area contributed by atoms with Crippen LogP contribution in [0.4, 0.5) is 5.69 Å². The second-order valence-electron chi connectivity index (χ2n) is 6.72. The standard InChI is InChI=1S/C22H31NO3/c1-4-6-7-8-9-10-12-19-20(11-5-2)26-22(24)21(19)23-17-13-15-18(25-3)16-14-17/h5,9-10,13-16,19-21,23H,2,4,6-8,11-12H2,1,3H3/b10-9-/t19-,20?,21+/m1/s1. The molecule has 1 saturated heterocycles. The maximum atomic E-state index is 12.4. The molecule has 1 N–H and O–H groups in total. The number of benzene rings is 1. The molecule has 26 heavy (non-hydrogen) atoms. The molecule has 1 heterocycles. The fraction of sp³-hybridized carbons (Fsp3) is 0.500. The summed E-state index contributed by atoms with van der Waals surface area (Å²) >= 11 is 0. The number of unbranched alkanes of at least 4 members (excludes halogenated alkanes) is 3. The Morgan fingerprint density at radius 3 is 2.62 bits per heavy atom. The molecule has 1 aliphatic heterocycles. The summed E-state index contributed by atoms with van der Waals surface area (Å²) in [7, 11) is 1.64. The summed E-state index contributed by atoms with van der Waals surface area (Å²) in [6.07, 6.45) is 12.4. The number of hydrogen-bond acceptors (Lipinski definition) is 4. The summed E-state index contributed by atoms with van der Waals surface area (Å²) in [5, 5.41) is 3.34. The molecule has 0 spiro atoms. The topological polar surface area (TPSA) is 47.6 Å². The number of carbonyl (C=O) groups excluding carboxylic acids is 1. The van der Waals surface area contributed by atoms with Gasteiger partial charge in [0.25, 0.3) is 0 Å². The van der Waals surface area contributed by atoms with E-state index in [-0.39, 0.29) is 24.0 Å². The monoisotopic (exact) mass is 357 g/mol. The number of nitrogens with one attached hydrogen (secondary N) is 1. The Labute approximate surface area is 157 Å². The number of anilines is 1. The van der Waals surface area contributed by atoms with Gasteiger partial charge >= 0.3 is 5.97 Å². The lowest BCUT2D eigenvalue weighted by molar-refractivity contribution is -0.141. The fourth-order valence-corrected chi connectivity index (χ4v) is 3.29. The zero-order chi connectivity index (χ0) is 18.8. The van der Waals surface area contributed by atoms with Crippen molar-refractivity contribution in [3.05, 3.63) is 49.1 Å². The number of methoxy groups -OCH3 is 1. The summed E-state index contributed by atoms with van der Waals surface area (Å²) in [5.74, 6) is 0.711. The molecule has 0 amide bonds. The summed E-state index contributed by atoms with van der Waals surface area (Å²) < 4.78 is 10.8. The molecule has 1 fully saturated rings. The zero-order valence-corrected chi connectivity index (χ0v) is 15.9. The number of esters is 1. The van der Waals surface area contributed by atoms with E-state index in [9.17, 15) is 4.79 Å². The summed E-state index contributed by atoms with van der Waals surface area (Å²) in [6.45, 7) is 6.01. The van der Waals surface area contributed by atoms with E-state index in [2.05, 4.69) is 31.0 Å². The first kappa shape index (κ1) is 20.1. The highest BCUT2D eigenvalue weighted by Crippen LogP contribution is 2.31. The van der Waals surface area contributed by atoms with Crippen molar-refractivity contribution in [2.75, 3.05) is 12.4 Å². The smallest absolute Gasteiger partial charge is 0.329 e. The van der Waals surface area contributed by atoms with Gasteiger partial charge in [0.05, 0.1) is 7.11 Å². The molecule has 3 atom stereocenters. The number of hydrogen-bond donors (Lipinski definition) is 1. The van der Waals surface area contributed by atoms with Crippen LogP contribution in [0.25, 0.3) is 0 Å². The van der Waals surface area contributed by atoms with Gasteiger partial charge in [0.2, 0.25) is 0 Å². The predicted octanol–water partition coefficient (Wildman–Crippen LogP) is 5.12. The molecule has 142 valence electrons. The lowest BCUT2D eigenvalue weighted by Crippen LogP contribution is -2.32. The Balaban J connectivity index is 2.02. The lowest BCUT2D eigenvalue weighted by Gasteiger charge is -2.20. The molecule has 2 rings (SSSR count). The van der Waals surface area contributed by atoms with E-state index in [4.69, 9.17) is 9.47 Å². The van der Waals surface area contributed by atoms with E-state index in [1.807, 2.05) is 30.3 Å². The Morgan fingerprint density at radius 1 is 1.19 bits per heavy atom. The highest BCUT2D eigenvalue weighted by atomic mass is 16.6. The van der Waals surface area contributed by atoms with E-state index in [0.717, 1.165) is 24.3 Å². The lowest BCUT2D eigenvalue weighted by atomic mass is 9.90. The van der Waals surface area contributed by atoms with Crippen LogP contribution in [0.1, 0.15) is 45.4 Å². The molecule has 0 aliphatic carbocycles. The fourth-order valence-electron chi connectivity index (χ4n) is 3.29. The molecule has 1 aromatic carbocycles. The Kier molecular flexibility index (Phi) is 8.26. The van der Waals surface area contributed by atoms with Gasteiger partial charge in [-0.2, -0.15) is 0 Å². The van der Waals surface area contributed by atoms with Crippen LogP contribution in [0.3, 0.4) is 0 Å². The number of rotatable bonds is 11. The molecule has 4 heteroatoms. The third kappa shape index (κ3) is 5.65. The van der Waals surface area contributed by atoms with Crippen molar-refractivity contribution < 1.29 is 14.3 Å². The minimum absolute atomic E-state index is 0.102. The molecule has 1 unspecified atom stereocenters. The number of carbonyl (C=O) groups is 1. The molecule has 0 aromatic heterocycles. The second kappa shape index (κ2) is 10.7. The van der Waals surface area contributed by atoms with Crippen LogP contribution in [0.5, 0.6) is 5.75 Å². The molecular weight excluding hydrogens is 326 g/mol. The van der Waals surface area contributed by atoms with E-state index in [0.29, 0.717) is 6.42 Å². The third-order valence-electron chi connectivity index (χ3n) is 4.79. The van der Waals surface area contributed by atoms with Crippen LogP contribution < -0.4 is 10.1 Å². The highest BCUT2D eigenvalue weighted by Gasteiger charge is 2.43. The van der Waals surface area contributed by atoms with Crippen molar-refractivity contribution in [3.8, 4) is 5.75 Å². The summed E-state index contributed by atoms with van der Waals surface area (Å²) in [6, 6.07) is 7.27. The third-order valence-corrected chi connectivity index (χ3v) is 4.79. The van der Waals surface area contributed by atoms with Crippen molar-refractivity contribution in [1.29, 1.82) is 0 Å². The van der Waals surface area contributed by atoms with E-state index < -0.39 is 0 Å². The van der Waals surface area contributed by atoms with Crippen LogP contribution in [-0.2, 0) is 9.53 Å². The Hall–Kier alpha value is -2.23. The maximum Gasteiger partial charge on any atom is 0.329 e. The number of ether oxygens (including phenoxy) is 2. The molecule has 0 radical (unpaired) electrons. The minimum atomic E-state index is -0.339.